The lowest BCUT2D eigenvalue weighted by molar-refractivity contribution is -0.115. The fourth-order valence-electron chi connectivity index (χ4n) is 2.40. The number of carbonyl (C=O) groups is 1. The maximum atomic E-state index is 12.4. The quantitative estimate of drug-likeness (QED) is 0.488. The Labute approximate surface area is 179 Å². The van der Waals surface area contributed by atoms with Crippen molar-refractivity contribution in [2.45, 2.75) is 20.3 Å². The molecule has 7 heteroatoms. The van der Waals surface area contributed by atoms with Crippen molar-refractivity contribution in [3.05, 3.63) is 61.4 Å². The van der Waals surface area contributed by atoms with E-state index in [1.807, 2.05) is 49.4 Å². The molecule has 1 saturated heterocycles. The molecule has 3 rings (SSSR count). The van der Waals surface area contributed by atoms with E-state index in [-0.39, 0.29) is 5.91 Å². The molecule has 1 amide bonds. The molecule has 2 aromatic carbocycles. The summed E-state index contributed by atoms with van der Waals surface area (Å²) in [4.78, 5) is 17.5. The Morgan fingerprint density at radius 1 is 1.22 bits per heavy atom. The Balaban J connectivity index is 1.89. The van der Waals surface area contributed by atoms with Gasteiger partial charge in [-0.15, -0.1) is 0 Å². The van der Waals surface area contributed by atoms with E-state index in [2.05, 4.69) is 49.1 Å². The number of carbonyl (C=O) groups excluding carboxylic acids is 1. The highest BCUT2D eigenvalue weighted by Crippen LogP contribution is 2.37. The zero-order valence-electron chi connectivity index (χ0n) is 14.9. The highest BCUT2D eigenvalue weighted by Gasteiger charge is 2.24. The number of nitrogens with one attached hydrogen (secondary N) is 1. The summed E-state index contributed by atoms with van der Waals surface area (Å²) in [6.07, 6.45) is 2.74. The van der Waals surface area contributed by atoms with E-state index in [1.54, 1.807) is 0 Å². The van der Waals surface area contributed by atoms with Gasteiger partial charge in [-0.05, 0) is 71.4 Å². The summed E-state index contributed by atoms with van der Waals surface area (Å²) < 4.78 is 7.61. The monoisotopic (exact) mass is 508 g/mol. The molecule has 1 N–H and O–H groups in total. The Morgan fingerprint density at radius 2 is 1.96 bits per heavy atom. The Morgan fingerprint density at radius 3 is 2.67 bits per heavy atom. The molecule has 0 aliphatic carbocycles. The first-order valence-electron chi connectivity index (χ1n) is 8.44. The van der Waals surface area contributed by atoms with Gasteiger partial charge in [-0.2, -0.15) is 0 Å². The standard InChI is InChI=1S/C20H18Br2N2O2S/c1-3-8-26-18-13(9-14(21)11-16(18)22)10-17-19(25)24-20(27-17)23-15-6-4-12(2)5-7-15/h4-7,9-11H,3,8H2,1-2H3,(H,23,24,25)/b17-10-. The Hall–Kier alpha value is -1.57. The van der Waals surface area contributed by atoms with Gasteiger partial charge in [0, 0.05) is 10.0 Å². The third-order valence-electron chi connectivity index (χ3n) is 3.69. The maximum Gasteiger partial charge on any atom is 0.264 e. The van der Waals surface area contributed by atoms with Gasteiger partial charge in [-0.3, -0.25) is 4.79 Å². The molecular formula is C20H18Br2N2O2S. The summed E-state index contributed by atoms with van der Waals surface area (Å²) in [5.41, 5.74) is 2.81. The molecule has 140 valence electrons. The minimum atomic E-state index is -0.164. The van der Waals surface area contributed by atoms with Crippen LogP contribution in [-0.2, 0) is 4.79 Å². The van der Waals surface area contributed by atoms with Crippen LogP contribution >= 0.6 is 43.6 Å². The molecule has 0 saturated carbocycles. The van der Waals surface area contributed by atoms with Crippen molar-refractivity contribution in [1.82, 2.24) is 5.32 Å². The van der Waals surface area contributed by atoms with Crippen LogP contribution in [0, 0.1) is 6.92 Å². The van der Waals surface area contributed by atoms with E-state index in [4.69, 9.17) is 4.74 Å². The van der Waals surface area contributed by atoms with Gasteiger partial charge >= 0.3 is 0 Å². The van der Waals surface area contributed by atoms with Gasteiger partial charge in [0.25, 0.3) is 5.91 Å². The van der Waals surface area contributed by atoms with E-state index in [9.17, 15) is 4.79 Å². The summed E-state index contributed by atoms with van der Waals surface area (Å²) in [5, 5.41) is 3.39. The Bertz CT molecular complexity index is 924. The molecule has 0 radical (unpaired) electrons. The first-order chi connectivity index (χ1) is 13.0. The lowest BCUT2D eigenvalue weighted by atomic mass is 10.2. The van der Waals surface area contributed by atoms with Crippen molar-refractivity contribution in [3.63, 3.8) is 0 Å². The molecular weight excluding hydrogens is 492 g/mol. The minimum Gasteiger partial charge on any atom is -0.492 e. The molecule has 1 aliphatic heterocycles. The fourth-order valence-corrected chi connectivity index (χ4v) is 4.61. The molecule has 27 heavy (non-hydrogen) atoms. The van der Waals surface area contributed by atoms with Crippen molar-refractivity contribution in [3.8, 4) is 5.75 Å². The van der Waals surface area contributed by atoms with E-state index in [0.29, 0.717) is 16.7 Å². The molecule has 0 spiro atoms. The van der Waals surface area contributed by atoms with E-state index in [0.717, 1.165) is 32.4 Å². The number of thioether (sulfide) groups is 1. The Kier molecular flexibility index (Phi) is 6.78. The predicted molar refractivity (Wildman–Crippen MR) is 120 cm³/mol. The summed E-state index contributed by atoms with van der Waals surface area (Å²) in [7, 11) is 0. The van der Waals surface area contributed by atoms with Crippen LogP contribution in [0.15, 0.2) is 55.2 Å². The molecule has 0 bridgehead atoms. The van der Waals surface area contributed by atoms with Gasteiger partial charge in [0.1, 0.15) is 5.75 Å². The number of hydrogen-bond donors (Lipinski definition) is 1. The van der Waals surface area contributed by atoms with Gasteiger partial charge in [-0.1, -0.05) is 40.5 Å². The first kappa shape index (κ1) is 20.2. The van der Waals surface area contributed by atoms with Crippen molar-refractivity contribution >= 4 is 66.5 Å². The predicted octanol–water partition coefficient (Wildman–Crippen LogP) is 6.20. The molecule has 0 atom stereocenters. The fraction of sp³-hybridized carbons (Fsp3) is 0.200. The lowest BCUT2D eigenvalue weighted by Gasteiger charge is -2.11. The van der Waals surface area contributed by atoms with Crippen molar-refractivity contribution in [1.29, 1.82) is 0 Å². The van der Waals surface area contributed by atoms with Crippen LogP contribution in [0.5, 0.6) is 5.75 Å². The smallest absolute Gasteiger partial charge is 0.264 e. The van der Waals surface area contributed by atoms with E-state index < -0.39 is 0 Å². The third kappa shape index (κ3) is 5.24. The van der Waals surface area contributed by atoms with Crippen molar-refractivity contribution in [2.75, 3.05) is 6.61 Å². The van der Waals surface area contributed by atoms with Crippen LogP contribution in [0.2, 0.25) is 0 Å². The number of aliphatic imine (C=N–C) groups is 1. The number of amides is 1. The summed E-state index contributed by atoms with van der Waals surface area (Å²) >= 11 is 8.36. The molecule has 1 fully saturated rings. The van der Waals surface area contributed by atoms with Crippen molar-refractivity contribution < 1.29 is 9.53 Å². The molecule has 1 heterocycles. The van der Waals surface area contributed by atoms with Crippen LogP contribution in [0.25, 0.3) is 6.08 Å². The first-order valence-corrected chi connectivity index (χ1v) is 10.8. The van der Waals surface area contributed by atoms with Gasteiger partial charge < -0.3 is 10.1 Å². The van der Waals surface area contributed by atoms with Gasteiger partial charge in [0.05, 0.1) is 21.7 Å². The average Bonchev–Trinajstić information content (AvgIpc) is 2.95. The highest BCUT2D eigenvalue weighted by molar-refractivity contribution is 9.11. The van der Waals surface area contributed by atoms with E-state index in [1.165, 1.54) is 17.3 Å². The molecule has 0 aromatic heterocycles. The lowest BCUT2D eigenvalue weighted by Crippen LogP contribution is -2.19. The van der Waals surface area contributed by atoms with Crippen LogP contribution in [0.1, 0.15) is 24.5 Å². The second-order valence-corrected chi connectivity index (χ2v) is 8.77. The average molecular weight is 510 g/mol. The van der Waals surface area contributed by atoms with Gasteiger partial charge in [0.15, 0.2) is 5.17 Å². The molecule has 4 nitrogen and oxygen atoms in total. The maximum absolute atomic E-state index is 12.4. The van der Waals surface area contributed by atoms with Gasteiger partial charge in [-0.25, -0.2) is 4.99 Å². The number of halogens is 2. The van der Waals surface area contributed by atoms with Gasteiger partial charge in [0.2, 0.25) is 0 Å². The minimum absolute atomic E-state index is 0.164. The highest BCUT2D eigenvalue weighted by atomic mass is 79.9. The normalized spacial score (nSPS) is 16.8. The number of aryl methyl sites for hydroxylation is 1. The molecule has 1 aliphatic rings. The number of amidine groups is 1. The largest absolute Gasteiger partial charge is 0.492 e. The molecule has 0 unspecified atom stereocenters. The van der Waals surface area contributed by atoms with E-state index >= 15 is 0 Å². The zero-order chi connectivity index (χ0) is 19.4. The second-order valence-electron chi connectivity index (χ2n) is 5.97. The van der Waals surface area contributed by atoms with Crippen LogP contribution in [0.4, 0.5) is 5.69 Å². The number of hydrogen-bond acceptors (Lipinski definition) is 4. The molecule has 2 aromatic rings. The topological polar surface area (TPSA) is 50.7 Å². The van der Waals surface area contributed by atoms with Crippen LogP contribution in [0.3, 0.4) is 0 Å². The zero-order valence-corrected chi connectivity index (χ0v) is 18.9. The van der Waals surface area contributed by atoms with Crippen molar-refractivity contribution in [2.24, 2.45) is 4.99 Å². The van der Waals surface area contributed by atoms with Crippen LogP contribution in [-0.4, -0.2) is 17.7 Å². The number of nitrogens with zero attached hydrogens (tertiary/aromatic N) is 1. The summed E-state index contributed by atoms with van der Waals surface area (Å²) in [5.74, 6) is 0.563. The number of rotatable bonds is 5. The third-order valence-corrected chi connectivity index (χ3v) is 5.65. The SMILES string of the molecule is CCCOc1c(Br)cc(Br)cc1/C=C1\SC(=Nc2ccc(C)cc2)NC1=O. The second kappa shape index (κ2) is 9.08. The number of benzene rings is 2. The summed E-state index contributed by atoms with van der Waals surface area (Å²) in [6.45, 7) is 4.69. The summed E-state index contributed by atoms with van der Waals surface area (Å²) in [6, 6.07) is 11.7. The number of ether oxygens (including phenoxy) is 1. The van der Waals surface area contributed by atoms with Crippen LogP contribution < -0.4 is 10.1 Å².